The number of pyridine rings is 1. The summed E-state index contributed by atoms with van der Waals surface area (Å²) in [6, 6.07) is 4.28. The molecule has 84 valence electrons. The zero-order valence-electron chi connectivity index (χ0n) is 9.47. The Hall–Kier alpha value is -1.42. The van der Waals surface area contributed by atoms with Crippen LogP contribution < -0.4 is 5.32 Å². The van der Waals surface area contributed by atoms with Gasteiger partial charge in [0.05, 0.1) is 6.04 Å². The molecule has 0 aliphatic rings. The maximum atomic E-state index is 4.37. The summed E-state index contributed by atoms with van der Waals surface area (Å²) >= 11 is 1.66. The zero-order valence-corrected chi connectivity index (χ0v) is 10.3. The van der Waals surface area contributed by atoms with Crippen LogP contribution >= 0.6 is 11.3 Å². The van der Waals surface area contributed by atoms with Crippen molar-refractivity contribution < 1.29 is 0 Å². The first-order valence-electron chi connectivity index (χ1n) is 5.41. The second-order valence-corrected chi connectivity index (χ2v) is 4.53. The molecule has 0 bridgehead atoms. The van der Waals surface area contributed by atoms with Gasteiger partial charge in [-0.2, -0.15) is 0 Å². The molecule has 0 aliphatic carbocycles. The van der Waals surface area contributed by atoms with E-state index in [-0.39, 0.29) is 6.04 Å². The van der Waals surface area contributed by atoms with Crippen LogP contribution in [0.15, 0.2) is 29.9 Å². The molecular formula is C12H15N3S. The molecule has 0 saturated heterocycles. The molecule has 3 nitrogen and oxygen atoms in total. The van der Waals surface area contributed by atoms with Gasteiger partial charge < -0.3 is 5.32 Å². The van der Waals surface area contributed by atoms with Crippen LogP contribution in [-0.4, -0.2) is 9.97 Å². The van der Waals surface area contributed by atoms with Crippen LogP contribution in [0.1, 0.15) is 30.5 Å². The van der Waals surface area contributed by atoms with Crippen LogP contribution in [0.5, 0.6) is 0 Å². The number of hydrogen-bond acceptors (Lipinski definition) is 4. The summed E-state index contributed by atoms with van der Waals surface area (Å²) < 4.78 is 0. The van der Waals surface area contributed by atoms with E-state index in [2.05, 4.69) is 35.2 Å². The summed E-state index contributed by atoms with van der Waals surface area (Å²) in [5.74, 6) is 0.965. The molecular weight excluding hydrogens is 218 g/mol. The van der Waals surface area contributed by atoms with Crippen LogP contribution in [0.25, 0.3) is 0 Å². The lowest BCUT2D eigenvalue weighted by atomic mass is 10.2. The van der Waals surface area contributed by atoms with Crippen molar-refractivity contribution in [2.45, 2.75) is 26.3 Å². The van der Waals surface area contributed by atoms with Gasteiger partial charge in [-0.05, 0) is 25.0 Å². The lowest BCUT2D eigenvalue weighted by Crippen LogP contribution is -2.09. The molecule has 0 aromatic carbocycles. The highest BCUT2D eigenvalue weighted by Gasteiger charge is 2.10. The summed E-state index contributed by atoms with van der Waals surface area (Å²) in [6.07, 6.45) is 4.63. The van der Waals surface area contributed by atoms with Crippen LogP contribution in [0.4, 0.5) is 5.82 Å². The molecule has 0 amide bonds. The predicted molar refractivity (Wildman–Crippen MR) is 67.8 cm³/mol. The van der Waals surface area contributed by atoms with E-state index < -0.39 is 0 Å². The Morgan fingerprint density at radius 2 is 2.25 bits per heavy atom. The molecule has 1 N–H and O–H groups in total. The Kier molecular flexibility index (Phi) is 3.51. The molecule has 0 radical (unpaired) electrons. The van der Waals surface area contributed by atoms with Crippen molar-refractivity contribution in [2.24, 2.45) is 0 Å². The van der Waals surface area contributed by atoms with Crippen LogP contribution in [0.3, 0.4) is 0 Å². The summed E-state index contributed by atoms with van der Waals surface area (Å²) in [5.41, 5.74) is 1.24. The molecule has 0 spiro atoms. The highest BCUT2D eigenvalue weighted by molar-refractivity contribution is 7.09. The van der Waals surface area contributed by atoms with Crippen molar-refractivity contribution in [3.63, 3.8) is 0 Å². The smallest absolute Gasteiger partial charge is 0.129 e. The van der Waals surface area contributed by atoms with Crippen molar-refractivity contribution in [3.8, 4) is 0 Å². The van der Waals surface area contributed by atoms with Crippen molar-refractivity contribution in [1.82, 2.24) is 9.97 Å². The lowest BCUT2D eigenvalue weighted by molar-refractivity contribution is 0.854. The average Bonchev–Trinajstić information content (AvgIpc) is 2.83. The number of hydrogen-bond donors (Lipinski definition) is 1. The topological polar surface area (TPSA) is 37.8 Å². The largest absolute Gasteiger partial charge is 0.361 e. The minimum Gasteiger partial charge on any atom is -0.361 e. The first-order chi connectivity index (χ1) is 7.81. The number of thiazole rings is 1. The second kappa shape index (κ2) is 5.07. The monoisotopic (exact) mass is 233 g/mol. The quantitative estimate of drug-likeness (QED) is 0.880. The standard InChI is InChI=1S/C12H15N3S/c1-3-10-5-4-6-13-11(10)15-9(2)12-14-7-8-16-12/h4-9H,3H2,1-2H3,(H,13,15). The molecule has 0 aliphatic heterocycles. The fourth-order valence-corrected chi connectivity index (χ4v) is 2.21. The predicted octanol–water partition coefficient (Wildman–Crippen LogP) is 3.27. The summed E-state index contributed by atoms with van der Waals surface area (Å²) in [5, 5.41) is 6.48. The maximum Gasteiger partial charge on any atom is 0.129 e. The van der Waals surface area contributed by atoms with Gasteiger partial charge in [0.25, 0.3) is 0 Å². The van der Waals surface area contributed by atoms with Gasteiger partial charge in [-0.25, -0.2) is 9.97 Å². The Labute approximate surface area is 99.6 Å². The van der Waals surface area contributed by atoms with Gasteiger partial charge >= 0.3 is 0 Å². The Balaban J connectivity index is 2.14. The molecule has 16 heavy (non-hydrogen) atoms. The summed E-state index contributed by atoms with van der Waals surface area (Å²) in [7, 11) is 0. The normalized spacial score (nSPS) is 12.4. The van der Waals surface area contributed by atoms with Gasteiger partial charge in [0, 0.05) is 17.8 Å². The van der Waals surface area contributed by atoms with E-state index in [1.54, 1.807) is 11.3 Å². The van der Waals surface area contributed by atoms with E-state index in [9.17, 15) is 0 Å². The van der Waals surface area contributed by atoms with Gasteiger partial charge in [-0.1, -0.05) is 13.0 Å². The van der Waals surface area contributed by atoms with Crippen LogP contribution in [0.2, 0.25) is 0 Å². The maximum absolute atomic E-state index is 4.37. The number of aromatic nitrogens is 2. The van der Waals surface area contributed by atoms with Gasteiger partial charge in [0.2, 0.25) is 0 Å². The number of anilines is 1. The van der Waals surface area contributed by atoms with E-state index in [4.69, 9.17) is 0 Å². The SMILES string of the molecule is CCc1cccnc1NC(C)c1nccs1. The number of nitrogens with zero attached hydrogens (tertiary/aromatic N) is 2. The fourth-order valence-electron chi connectivity index (χ4n) is 1.57. The van der Waals surface area contributed by atoms with Crippen molar-refractivity contribution in [3.05, 3.63) is 40.5 Å². The van der Waals surface area contributed by atoms with Crippen molar-refractivity contribution in [2.75, 3.05) is 5.32 Å². The number of aryl methyl sites for hydroxylation is 1. The van der Waals surface area contributed by atoms with Gasteiger partial charge in [-0.3, -0.25) is 0 Å². The molecule has 1 atom stereocenters. The van der Waals surface area contributed by atoms with E-state index in [1.807, 2.05) is 23.8 Å². The molecule has 2 aromatic rings. The van der Waals surface area contributed by atoms with Crippen molar-refractivity contribution in [1.29, 1.82) is 0 Å². The highest BCUT2D eigenvalue weighted by atomic mass is 32.1. The van der Waals surface area contributed by atoms with Crippen LogP contribution in [0, 0.1) is 0 Å². The molecule has 0 fully saturated rings. The Morgan fingerprint density at radius 1 is 1.38 bits per heavy atom. The van der Waals surface area contributed by atoms with Gasteiger partial charge in [0.1, 0.15) is 10.8 Å². The zero-order chi connectivity index (χ0) is 11.4. The first-order valence-corrected chi connectivity index (χ1v) is 6.29. The fraction of sp³-hybridized carbons (Fsp3) is 0.333. The highest BCUT2D eigenvalue weighted by Crippen LogP contribution is 2.21. The van der Waals surface area contributed by atoms with E-state index in [0.29, 0.717) is 0 Å². The minimum absolute atomic E-state index is 0.209. The Morgan fingerprint density at radius 3 is 2.94 bits per heavy atom. The summed E-state index contributed by atoms with van der Waals surface area (Å²) in [4.78, 5) is 8.66. The van der Waals surface area contributed by atoms with Gasteiger partial charge in [-0.15, -0.1) is 11.3 Å². The van der Waals surface area contributed by atoms with Gasteiger partial charge in [0.15, 0.2) is 0 Å². The van der Waals surface area contributed by atoms with E-state index in [1.165, 1.54) is 5.56 Å². The second-order valence-electron chi connectivity index (χ2n) is 3.60. The number of rotatable bonds is 4. The molecule has 4 heteroatoms. The third-order valence-corrected chi connectivity index (χ3v) is 3.41. The molecule has 2 rings (SSSR count). The minimum atomic E-state index is 0.209. The summed E-state index contributed by atoms with van der Waals surface area (Å²) in [6.45, 7) is 4.24. The molecule has 2 heterocycles. The third kappa shape index (κ3) is 2.39. The average molecular weight is 233 g/mol. The molecule has 2 aromatic heterocycles. The van der Waals surface area contributed by atoms with E-state index in [0.717, 1.165) is 17.2 Å². The number of nitrogens with one attached hydrogen (secondary N) is 1. The molecule has 0 saturated carbocycles. The van der Waals surface area contributed by atoms with E-state index >= 15 is 0 Å². The first kappa shape index (κ1) is 11.1. The molecule has 1 unspecified atom stereocenters. The lowest BCUT2D eigenvalue weighted by Gasteiger charge is -2.14. The third-order valence-electron chi connectivity index (χ3n) is 2.45. The van der Waals surface area contributed by atoms with Crippen LogP contribution in [-0.2, 0) is 6.42 Å². The van der Waals surface area contributed by atoms with Crippen molar-refractivity contribution >= 4 is 17.2 Å². The Bertz CT molecular complexity index is 439.